The van der Waals surface area contributed by atoms with Gasteiger partial charge in [0.15, 0.2) is 5.13 Å². The van der Waals surface area contributed by atoms with Crippen LogP contribution in [-0.4, -0.2) is 65.0 Å². The lowest BCUT2D eigenvalue weighted by atomic mass is 10.1. The number of carbonyl (C=O) groups excluding carboxylic acids is 2. The van der Waals surface area contributed by atoms with Crippen molar-refractivity contribution >= 4 is 28.3 Å². The minimum Gasteiger partial charge on any atom is -0.372 e. The molecule has 26 heavy (non-hydrogen) atoms. The molecule has 8 heteroatoms. The Hall–Kier alpha value is -1.51. The lowest BCUT2D eigenvalue weighted by molar-refractivity contribution is -0.144. The Balaban J connectivity index is 1.33. The topological polar surface area (TPSA) is 74.8 Å². The monoisotopic (exact) mass is 378 g/mol. The molecule has 2 fully saturated rings. The van der Waals surface area contributed by atoms with Crippen LogP contribution in [0.15, 0.2) is 0 Å². The van der Waals surface area contributed by atoms with Crippen molar-refractivity contribution in [3.05, 3.63) is 10.6 Å². The predicted molar refractivity (Wildman–Crippen MR) is 99.0 cm³/mol. The van der Waals surface area contributed by atoms with Crippen molar-refractivity contribution in [2.75, 3.05) is 31.5 Å². The number of nitrogens with zero attached hydrogens (tertiary/aromatic N) is 3. The van der Waals surface area contributed by atoms with Gasteiger partial charge in [-0.25, -0.2) is 4.98 Å². The average Bonchev–Trinajstić information content (AvgIpc) is 3.35. The minimum atomic E-state index is 0.0924. The Labute approximate surface area is 157 Å². The molecule has 2 unspecified atom stereocenters. The fraction of sp³-hybridized carbons (Fsp3) is 0.722. The van der Waals surface area contributed by atoms with Gasteiger partial charge in [0.2, 0.25) is 11.8 Å². The molecule has 2 atom stereocenters. The van der Waals surface area contributed by atoms with E-state index in [1.54, 1.807) is 11.3 Å². The second-order valence-corrected chi connectivity index (χ2v) is 8.75. The van der Waals surface area contributed by atoms with Crippen molar-refractivity contribution in [1.29, 1.82) is 0 Å². The normalized spacial score (nSPS) is 26.5. The number of rotatable bonds is 4. The molecule has 0 aromatic carbocycles. The molecular formula is C18H26N4O3S. The highest BCUT2D eigenvalue weighted by Gasteiger charge is 2.31. The van der Waals surface area contributed by atoms with Crippen molar-refractivity contribution in [2.45, 2.75) is 51.9 Å². The summed E-state index contributed by atoms with van der Waals surface area (Å²) in [6.07, 6.45) is 3.00. The van der Waals surface area contributed by atoms with Gasteiger partial charge in [-0.15, -0.1) is 11.3 Å². The third kappa shape index (κ3) is 4.07. The molecule has 3 heterocycles. The quantitative estimate of drug-likeness (QED) is 0.859. The number of carbonyl (C=O) groups is 2. The number of aromatic nitrogens is 1. The van der Waals surface area contributed by atoms with E-state index in [1.165, 1.54) is 4.88 Å². The Morgan fingerprint density at radius 1 is 1.27 bits per heavy atom. The maximum Gasteiger partial charge on any atom is 0.236 e. The first-order valence-corrected chi connectivity index (χ1v) is 10.2. The number of thiazole rings is 1. The van der Waals surface area contributed by atoms with E-state index in [9.17, 15) is 9.59 Å². The standard InChI is InChI=1S/C18H26N4O3S/c1-11-7-22(8-12(2)25-11)16(23)10-21-6-5-14-15(9-21)26-18(19-14)20-17(24)13-3-4-13/h11-13H,3-10H2,1-2H3,(H,19,20,24). The molecule has 2 aliphatic heterocycles. The van der Waals surface area contributed by atoms with E-state index in [0.29, 0.717) is 24.8 Å². The SMILES string of the molecule is CC1CN(C(=O)CN2CCc3nc(NC(=O)C4CC4)sc3C2)CC(C)O1. The van der Waals surface area contributed by atoms with Gasteiger partial charge in [0.25, 0.3) is 0 Å². The van der Waals surface area contributed by atoms with Crippen molar-refractivity contribution in [2.24, 2.45) is 5.92 Å². The summed E-state index contributed by atoms with van der Waals surface area (Å²) < 4.78 is 5.71. The number of fused-ring (bicyclic) bond motifs is 1. The number of hydrogen-bond acceptors (Lipinski definition) is 6. The highest BCUT2D eigenvalue weighted by Crippen LogP contribution is 2.33. The number of ether oxygens (including phenoxy) is 1. The first-order chi connectivity index (χ1) is 12.5. The summed E-state index contributed by atoms with van der Waals surface area (Å²) in [5, 5.41) is 3.64. The van der Waals surface area contributed by atoms with Gasteiger partial charge in [0.05, 0.1) is 24.4 Å². The first kappa shape index (κ1) is 17.9. The number of hydrogen-bond donors (Lipinski definition) is 1. The van der Waals surface area contributed by atoms with Crippen LogP contribution in [0.1, 0.15) is 37.3 Å². The second kappa shape index (κ2) is 7.25. The van der Waals surface area contributed by atoms with E-state index >= 15 is 0 Å². The highest BCUT2D eigenvalue weighted by atomic mass is 32.1. The van der Waals surface area contributed by atoms with Crippen molar-refractivity contribution < 1.29 is 14.3 Å². The number of anilines is 1. The molecule has 142 valence electrons. The molecular weight excluding hydrogens is 352 g/mol. The first-order valence-electron chi connectivity index (χ1n) is 9.43. The highest BCUT2D eigenvalue weighted by molar-refractivity contribution is 7.15. The van der Waals surface area contributed by atoms with Gasteiger partial charge in [-0.3, -0.25) is 14.5 Å². The fourth-order valence-electron chi connectivity index (χ4n) is 3.66. The third-order valence-corrected chi connectivity index (χ3v) is 6.12. The van der Waals surface area contributed by atoms with Crippen LogP contribution in [0.4, 0.5) is 5.13 Å². The smallest absolute Gasteiger partial charge is 0.236 e. The Bertz CT molecular complexity index is 693. The van der Waals surface area contributed by atoms with Crippen LogP contribution in [0.3, 0.4) is 0 Å². The summed E-state index contributed by atoms with van der Waals surface area (Å²) in [7, 11) is 0. The van der Waals surface area contributed by atoms with Crippen molar-refractivity contribution in [3.8, 4) is 0 Å². The fourth-order valence-corrected chi connectivity index (χ4v) is 4.72. The summed E-state index contributed by atoms with van der Waals surface area (Å²) in [5.74, 6) is 0.448. The van der Waals surface area contributed by atoms with E-state index in [4.69, 9.17) is 4.74 Å². The van der Waals surface area contributed by atoms with E-state index in [1.807, 2.05) is 18.7 Å². The molecule has 1 N–H and O–H groups in total. The molecule has 3 aliphatic rings. The summed E-state index contributed by atoms with van der Waals surface area (Å²) in [5.41, 5.74) is 1.07. The van der Waals surface area contributed by atoms with Gasteiger partial charge in [0, 0.05) is 43.4 Å². The van der Waals surface area contributed by atoms with Gasteiger partial charge >= 0.3 is 0 Å². The molecule has 0 radical (unpaired) electrons. The van der Waals surface area contributed by atoms with E-state index in [0.717, 1.165) is 38.0 Å². The van der Waals surface area contributed by atoms with Gasteiger partial charge in [-0.05, 0) is 26.7 Å². The maximum atomic E-state index is 12.7. The third-order valence-electron chi connectivity index (χ3n) is 5.12. The van der Waals surface area contributed by atoms with Crippen LogP contribution in [0.2, 0.25) is 0 Å². The van der Waals surface area contributed by atoms with Gasteiger partial charge < -0.3 is 15.0 Å². The lowest BCUT2D eigenvalue weighted by Gasteiger charge is -2.36. The van der Waals surface area contributed by atoms with Crippen LogP contribution in [-0.2, 0) is 27.3 Å². The molecule has 2 amide bonds. The summed E-state index contributed by atoms with van der Waals surface area (Å²) in [6, 6.07) is 0. The van der Waals surface area contributed by atoms with Gasteiger partial charge in [0.1, 0.15) is 0 Å². The number of morpholine rings is 1. The molecule has 4 rings (SSSR count). The molecule has 1 aromatic rings. The van der Waals surface area contributed by atoms with E-state index < -0.39 is 0 Å². The van der Waals surface area contributed by atoms with Crippen LogP contribution < -0.4 is 5.32 Å². The van der Waals surface area contributed by atoms with Crippen LogP contribution >= 0.6 is 11.3 Å². The number of amides is 2. The zero-order chi connectivity index (χ0) is 18.3. The van der Waals surface area contributed by atoms with Crippen LogP contribution in [0.25, 0.3) is 0 Å². The molecule has 7 nitrogen and oxygen atoms in total. The van der Waals surface area contributed by atoms with E-state index in [-0.39, 0.29) is 29.9 Å². The minimum absolute atomic E-state index is 0.0924. The molecule has 1 aliphatic carbocycles. The largest absolute Gasteiger partial charge is 0.372 e. The Morgan fingerprint density at radius 3 is 2.69 bits per heavy atom. The molecule has 1 saturated heterocycles. The molecule has 1 saturated carbocycles. The van der Waals surface area contributed by atoms with Crippen LogP contribution in [0.5, 0.6) is 0 Å². The zero-order valence-electron chi connectivity index (χ0n) is 15.4. The van der Waals surface area contributed by atoms with Crippen molar-refractivity contribution in [1.82, 2.24) is 14.8 Å². The van der Waals surface area contributed by atoms with Crippen molar-refractivity contribution in [3.63, 3.8) is 0 Å². The Kier molecular flexibility index (Phi) is 4.98. The second-order valence-electron chi connectivity index (χ2n) is 7.67. The number of nitrogens with one attached hydrogen (secondary N) is 1. The van der Waals surface area contributed by atoms with Gasteiger partial charge in [-0.2, -0.15) is 0 Å². The average molecular weight is 378 g/mol. The predicted octanol–water partition coefficient (Wildman–Crippen LogP) is 1.49. The molecule has 0 spiro atoms. The zero-order valence-corrected chi connectivity index (χ0v) is 16.2. The van der Waals surface area contributed by atoms with E-state index in [2.05, 4.69) is 15.2 Å². The summed E-state index contributed by atoms with van der Waals surface area (Å²) >= 11 is 1.55. The lowest BCUT2D eigenvalue weighted by Crippen LogP contribution is -2.51. The summed E-state index contributed by atoms with van der Waals surface area (Å²) in [4.78, 5) is 34.4. The van der Waals surface area contributed by atoms with Gasteiger partial charge in [-0.1, -0.05) is 0 Å². The summed E-state index contributed by atoms with van der Waals surface area (Å²) in [6.45, 7) is 7.35. The molecule has 0 bridgehead atoms. The molecule has 1 aromatic heterocycles. The Morgan fingerprint density at radius 2 is 2.00 bits per heavy atom. The van der Waals surface area contributed by atoms with Crippen LogP contribution in [0, 0.1) is 5.92 Å². The maximum absolute atomic E-state index is 12.7.